The van der Waals surface area contributed by atoms with E-state index in [9.17, 15) is 0 Å². The van der Waals surface area contributed by atoms with Gasteiger partial charge in [0.2, 0.25) is 0 Å². The van der Waals surface area contributed by atoms with Crippen LogP contribution < -0.4 is 0 Å². The SMILES string of the molecule is Cn1nc2c(Cl)cc(Br)c(Cl)c2c1Cl. The molecule has 0 aliphatic heterocycles. The van der Waals surface area contributed by atoms with E-state index in [-0.39, 0.29) is 0 Å². The van der Waals surface area contributed by atoms with Crippen LogP contribution in [0.4, 0.5) is 0 Å². The van der Waals surface area contributed by atoms with E-state index in [0.29, 0.717) is 30.6 Å². The zero-order valence-electron chi connectivity index (χ0n) is 6.98. The van der Waals surface area contributed by atoms with Crippen molar-refractivity contribution < 1.29 is 0 Å². The third-order valence-electron chi connectivity index (χ3n) is 1.89. The van der Waals surface area contributed by atoms with Crippen LogP contribution in [0.15, 0.2) is 10.5 Å². The van der Waals surface area contributed by atoms with Crippen molar-refractivity contribution >= 4 is 61.6 Å². The maximum absolute atomic E-state index is 6.07. The molecule has 0 N–H and O–H groups in total. The minimum absolute atomic E-state index is 0.480. The molecule has 0 spiro atoms. The zero-order valence-corrected chi connectivity index (χ0v) is 10.8. The van der Waals surface area contributed by atoms with Crippen LogP contribution in [0.5, 0.6) is 0 Å². The normalized spacial score (nSPS) is 11.2. The summed E-state index contributed by atoms with van der Waals surface area (Å²) in [6.45, 7) is 0. The minimum Gasteiger partial charge on any atom is -0.256 e. The molecule has 0 bridgehead atoms. The summed E-state index contributed by atoms with van der Waals surface area (Å²) in [4.78, 5) is 0. The van der Waals surface area contributed by atoms with Gasteiger partial charge in [-0.25, -0.2) is 0 Å². The van der Waals surface area contributed by atoms with Gasteiger partial charge in [-0.3, -0.25) is 4.68 Å². The fourth-order valence-corrected chi connectivity index (χ4v) is 2.53. The molecular weight excluding hydrogens is 310 g/mol. The first-order valence-corrected chi connectivity index (χ1v) is 5.60. The van der Waals surface area contributed by atoms with Crippen molar-refractivity contribution in [1.29, 1.82) is 0 Å². The minimum atomic E-state index is 0.480. The van der Waals surface area contributed by atoms with Crippen LogP contribution >= 0.6 is 50.7 Å². The first-order chi connectivity index (χ1) is 6.52. The Balaban J connectivity index is 3.03. The van der Waals surface area contributed by atoms with Gasteiger partial charge in [0.05, 0.1) is 15.4 Å². The largest absolute Gasteiger partial charge is 0.256 e. The van der Waals surface area contributed by atoms with Crippen LogP contribution in [0, 0.1) is 0 Å². The Morgan fingerprint density at radius 3 is 2.64 bits per heavy atom. The van der Waals surface area contributed by atoms with Crippen molar-refractivity contribution in [3.8, 4) is 0 Å². The lowest BCUT2D eigenvalue weighted by Gasteiger charge is -1.99. The maximum atomic E-state index is 6.07. The monoisotopic (exact) mass is 312 g/mol. The third-order valence-corrected chi connectivity index (χ3v) is 3.85. The molecule has 0 unspecified atom stereocenters. The van der Waals surface area contributed by atoms with Crippen LogP contribution in [-0.4, -0.2) is 9.78 Å². The lowest BCUT2D eigenvalue weighted by atomic mass is 10.2. The average molecular weight is 314 g/mol. The molecule has 0 fully saturated rings. The first kappa shape index (κ1) is 10.6. The summed E-state index contributed by atoms with van der Waals surface area (Å²) in [5.74, 6) is 0. The van der Waals surface area contributed by atoms with E-state index in [1.165, 1.54) is 4.68 Å². The number of aryl methyl sites for hydroxylation is 1. The molecule has 2 rings (SSSR count). The number of hydrogen-bond donors (Lipinski definition) is 0. The molecule has 2 aromatic rings. The van der Waals surface area contributed by atoms with E-state index in [1.807, 2.05) is 0 Å². The molecule has 0 amide bonds. The second kappa shape index (κ2) is 3.56. The summed E-state index contributed by atoms with van der Waals surface area (Å²) in [6, 6.07) is 1.70. The van der Waals surface area contributed by atoms with Crippen LogP contribution in [0.2, 0.25) is 15.2 Å². The summed E-state index contributed by atoms with van der Waals surface area (Å²) in [5.41, 5.74) is 0.618. The summed E-state index contributed by atoms with van der Waals surface area (Å²) in [5, 5.41) is 6.37. The van der Waals surface area contributed by atoms with E-state index in [4.69, 9.17) is 34.8 Å². The van der Waals surface area contributed by atoms with Crippen molar-refractivity contribution in [2.24, 2.45) is 7.05 Å². The Kier molecular flexibility index (Phi) is 2.68. The lowest BCUT2D eigenvalue weighted by molar-refractivity contribution is 0.780. The highest BCUT2D eigenvalue weighted by molar-refractivity contribution is 9.10. The summed E-state index contributed by atoms with van der Waals surface area (Å²) in [6.07, 6.45) is 0. The Bertz CT molecular complexity index is 521. The Hall–Kier alpha value is 0.0400. The lowest BCUT2D eigenvalue weighted by Crippen LogP contribution is -1.87. The Morgan fingerprint density at radius 1 is 1.36 bits per heavy atom. The quantitative estimate of drug-likeness (QED) is 0.663. The average Bonchev–Trinajstić information content (AvgIpc) is 2.41. The van der Waals surface area contributed by atoms with E-state index < -0.39 is 0 Å². The van der Waals surface area contributed by atoms with Gasteiger partial charge in [0.1, 0.15) is 10.7 Å². The molecule has 1 aromatic heterocycles. The fourth-order valence-electron chi connectivity index (χ4n) is 1.23. The van der Waals surface area contributed by atoms with Gasteiger partial charge in [0, 0.05) is 11.5 Å². The number of aromatic nitrogens is 2. The van der Waals surface area contributed by atoms with Gasteiger partial charge < -0.3 is 0 Å². The van der Waals surface area contributed by atoms with Crippen molar-refractivity contribution in [1.82, 2.24) is 9.78 Å². The summed E-state index contributed by atoms with van der Waals surface area (Å²) < 4.78 is 2.25. The summed E-state index contributed by atoms with van der Waals surface area (Å²) in [7, 11) is 1.74. The molecule has 2 nitrogen and oxygen atoms in total. The number of halogens is 4. The summed E-state index contributed by atoms with van der Waals surface area (Å²) >= 11 is 21.4. The van der Waals surface area contributed by atoms with E-state index in [0.717, 1.165) is 0 Å². The molecule has 0 saturated heterocycles. The number of hydrogen-bond acceptors (Lipinski definition) is 1. The molecule has 6 heteroatoms. The predicted molar refractivity (Wildman–Crippen MR) is 63.4 cm³/mol. The van der Waals surface area contributed by atoms with Gasteiger partial charge in [0.25, 0.3) is 0 Å². The molecule has 14 heavy (non-hydrogen) atoms. The number of rotatable bonds is 0. The van der Waals surface area contributed by atoms with Gasteiger partial charge in [-0.1, -0.05) is 34.8 Å². The van der Waals surface area contributed by atoms with Crippen LogP contribution in [0.3, 0.4) is 0 Å². The highest BCUT2D eigenvalue weighted by Gasteiger charge is 2.15. The fraction of sp³-hybridized carbons (Fsp3) is 0.125. The second-order valence-corrected chi connectivity index (χ2v) is 4.79. The highest BCUT2D eigenvalue weighted by atomic mass is 79.9. The Morgan fingerprint density at radius 2 is 2.00 bits per heavy atom. The predicted octanol–water partition coefficient (Wildman–Crippen LogP) is 4.30. The van der Waals surface area contributed by atoms with Gasteiger partial charge in [0.15, 0.2) is 0 Å². The third kappa shape index (κ3) is 1.43. The molecule has 1 heterocycles. The molecule has 1 aromatic carbocycles. The standard InChI is InChI=1S/C8H4BrCl3N2/c1-14-8(12)5-6(11)3(9)2-4(10)7(5)13-14/h2H,1H3. The molecule has 0 aliphatic rings. The zero-order chi connectivity index (χ0) is 10.5. The number of nitrogens with zero attached hydrogens (tertiary/aromatic N) is 2. The molecule has 74 valence electrons. The second-order valence-electron chi connectivity index (χ2n) is 2.79. The smallest absolute Gasteiger partial charge is 0.136 e. The van der Waals surface area contributed by atoms with E-state index >= 15 is 0 Å². The van der Waals surface area contributed by atoms with E-state index in [1.54, 1.807) is 13.1 Å². The highest BCUT2D eigenvalue weighted by Crippen LogP contribution is 2.38. The molecule has 0 atom stereocenters. The van der Waals surface area contributed by atoms with Crippen LogP contribution in [0.1, 0.15) is 0 Å². The van der Waals surface area contributed by atoms with Crippen molar-refractivity contribution in [2.75, 3.05) is 0 Å². The van der Waals surface area contributed by atoms with Crippen molar-refractivity contribution in [3.63, 3.8) is 0 Å². The first-order valence-electron chi connectivity index (χ1n) is 3.68. The topological polar surface area (TPSA) is 17.8 Å². The van der Waals surface area contributed by atoms with Crippen LogP contribution in [-0.2, 0) is 7.05 Å². The Labute approximate surface area is 104 Å². The van der Waals surface area contributed by atoms with Crippen molar-refractivity contribution in [3.05, 3.63) is 25.7 Å². The number of benzene rings is 1. The molecule has 0 saturated carbocycles. The van der Waals surface area contributed by atoms with Gasteiger partial charge in [-0.05, 0) is 22.0 Å². The van der Waals surface area contributed by atoms with Crippen molar-refractivity contribution in [2.45, 2.75) is 0 Å². The van der Waals surface area contributed by atoms with Gasteiger partial charge >= 0.3 is 0 Å². The van der Waals surface area contributed by atoms with Crippen LogP contribution in [0.25, 0.3) is 10.9 Å². The molecule has 0 aliphatic carbocycles. The molecular formula is C8H4BrCl3N2. The molecule has 0 radical (unpaired) electrons. The van der Waals surface area contributed by atoms with E-state index in [2.05, 4.69) is 21.0 Å². The number of fused-ring (bicyclic) bond motifs is 1. The van der Waals surface area contributed by atoms with Gasteiger partial charge in [-0.2, -0.15) is 5.10 Å². The maximum Gasteiger partial charge on any atom is 0.136 e. The van der Waals surface area contributed by atoms with Gasteiger partial charge in [-0.15, -0.1) is 0 Å².